The topological polar surface area (TPSA) is 57.2 Å². The van der Waals surface area contributed by atoms with Gasteiger partial charge in [-0.15, -0.1) is 0 Å². The summed E-state index contributed by atoms with van der Waals surface area (Å²) in [5.74, 6) is 2.71. The van der Waals surface area contributed by atoms with Crippen LogP contribution in [0.3, 0.4) is 0 Å². The average molecular weight is 316 g/mol. The van der Waals surface area contributed by atoms with Gasteiger partial charge in [-0.3, -0.25) is 0 Å². The van der Waals surface area contributed by atoms with Gasteiger partial charge in [0.25, 0.3) is 0 Å². The first-order valence-electron chi connectivity index (χ1n) is 7.40. The molecule has 0 amide bonds. The maximum Gasteiger partial charge on any atom is 0.161 e. The predicted octanol–water partition coefficient (Wildman–Crippen LogP) is 2.75. The number of rotatable bonds is 4. The van der Waals surface area contributed by atoms with Gasteiger partial charge < -0.3 is 24.1 Å². The number of methoxy groups -OCH3 is 3. The van der Waals surface area contributed by atoms with Crippen LogP contribution in [0.1, 0.15) is 17.2 Å². The Morgan fingerprint density at radius 3 is 2.43 bits per heavy atom. The van der Waals surface area contributed by atoms with E-state index in [2.05, 4.69) is 0 Å². The average Bonchev–Trinajstić information content (AvgIpc) is 2.60. The van der Waals surface area contributed by atoms with Gasteiger partial charge in [0.15, 0.2) is 11.5 Å². The molecule has 2 aromatic carbocycles. The summed E-state index contributed by atoms with van der Waals surface area (Å²) in [6, 6.07) is 11.1. The van der Waals surface area contributed by atoms with E-state index in [-0.39, 0.29) is 0 Å². The van der Waals surface area contributed by atoms with Crippen LogP contribution in [0.2, 0.25) is 0 Å². The quantitative estimate of drug-likeness (QED) is 0.940. The molecule has 0 fully saturated rings. The summed E-state index contributed by atoms with van der Waals surface area (Å²) in [6.45, 7) is 0. The van der Waals surface area contributed by atoms with Crippen molar-refractivity contribution < 1.29 is 24.1 Å². The molecule has 0 aliphatic carbocycles. The van der Waals surface area contributed by atoms with Crippen molar-refractivity contribution in [1.82, 2.24) is 0 Å². The molecule has 2 unspecified atom stereocenters. The Labute approximate surface area is 135 Å². The van der Waals surface area contributed by atoms with E-state index in [0.717, 1.165) is 22.6 Å². The SMILES string of the molecule is COc1ccc2c(c1)OC(c1ccc(OC)c(OC)c1)C(O)C2. The Bertz CT molecular complexity index is 698. The maximum atomic E-state index is 10.5. The first-order valence-corrected chi connectivity index (χ1v) is 7.40. The number of ether oxygens (including phenoxy) is 4. The number of benzene rings is 2. The summed E-state index contributed by atoms with van der Waals surface area (Å²) in [4.78, 5) is 0. The van der Waals surface area contributed by atoms with E-state index in [4.69, 9.17) is 18.9 Å². The lowest BCUT2D eigenvalue weighted by molar-refractivity contribution is 0.0205. The van der Waals surface area contributed by atoms with E-state index in [1.165, 1.54) is 0 Å². The Morgan fingerprint density at radius 1 is 0.957 bits per heavy atom. The lowest BCUT2D eigenvalue weighted by atomic mass is 9.94. The predicted molar refractivity (Wildman–Crippen MR) is 85.6 cm³/mol. The van der Waals surface area contributed by atoms with Crippen LogP contribution in [0.5, 0.6) is 23.0 Å². The lowest BCUT2D eigenvalue weighted by Gasteiger charge is -2.31. The Balaban J connectivity index is 1.94. The van der Waals surface area contributed by atoms with Crippen LogP contribution < -0.4 is 18.9 Å². The summed E-state index contributed by atoms with van der Waals surface area (Å²) < 4.78 is 21.8. The van der Waals surface area contributed by atoms with Gasteiger partial charge in [0.1, 0.15) is 17.6 Å². The molecular formula is C18H20O5. The highest BCUT2D eigenvalue weighted by Crippen LogP contribution is 2.39. The second-order valence-electron chi connectivity index (χ2n) is 5.40. The van der Waals surface area contributed by atoms with Crippen molar-refractivity contribution in [3.63, 3.8) is 0 Å². The normalized spacial score (nSPS) is 19.5. The van der Waals surface area contributed by atoms with Crippen molar-refractivity contribution in [2.75, 3.05) is 21.3 Å². The summed E-state index contributed by atoms with van der Waals surface area (Å²) in [7, 11) is 4.79. The van der Waals surface area contributed by atoms with Gasteiger partial charge in [0.05, 0.1) is 27.4 Å². The van der Waals surface area contributed by atoms with Gasteiger partial charge in [-0.2, -0.15) is 0 Å². The molecule has 5 heteroatoms. The number of fused-ring (bicyclic) bond motifs is 1. The van der Waals surface area contributed by atoms with Crippen LogP contribution in [-0.2, 0) is 6.42 Å². The van der Waals surface area contributed by atoms with Gasteiger partial charge in [-0.25, -0.2) is 0 Å². The number of hydrogen-bond acceptors (Lipinski definition) is 5. The second kappa shape index (κ2) is 6.38. The van der Waals surface area contributed by atoms with E-state index in [1.54, 1.807) is 21.3 Å². The Hall–Kier alpha value is -2.40. The molecule has 5 nitrogen and oxygen atoms in total. The molecule has 3 rings (SSSR count). The third kappa shape index (κ3) is 2.92. The zero-order chi connectivity index (χ0) is 16.4. The van der Waals surface area contributed by atoms with E-state index in [9.17, 15) is 5.11 Å². The summed E-state index contributed by atoms with van der Waals surface area (Å²) in [6.07, 6.45) is -0.568. The maximum absolute atomic E-state index is 10.5. The Kier molecular flexibility index (Phi) is 4.30. The zero-order valence-corrected chi connectivity index (χ0v) is 13.4. The third-order valence-electron chi connectivity index (χ3n) is 4.04. The van der Waals surface area contributed by atoms with Crippen LogP contribution >= 0.6 is 0 Å². The fraction of sp³-hybridized carbons (Fsp3) is 0.333. The van der Waals surface area contributed by atoms with Gasteiger partial charge >= 0.3 is 0 Å². The molecule has 0 saturated heterocycles. The third-order valence-corrected chi connectivity index (χ3v) is 4.04. The van der Waals surface area contributed by atoms with Gasteiger partial charge in [-0.05, 0) is 29.3 Å². The van der Waals surface area contributed by atoms with Crippen molar-refractivity contribution in [3.05, 3.63) is 47.5 Å². The molecule has 0 spiro atoms. The molecule has 2 atom stereocenters. The molecule has 1 aliphatic rings. The fourth-order valence-electron chi connectivity index (χ4n) is 2.81. The van der Waals surface area contributed by atoms with Crippen LogP contribution in [0, 0.1) is 0 Å². The highest BCUT2D eigenvalue weighted by atomic mass is 16.5. The van der Waals surface area contributed by atoms with E-state index in [0.29, 0.717) is 17.9 Å². The molecule has 23 heavy (non-hydrogen) atoms. The molecule has 0 radical (unpaired) electrons. The molecule has 2 aromatic rings. The number of aliphatic hydroxyl groups is 1. The van der Waals surface area contributed by atoms with Gasteiger partial charge in [0.2, 0.25) is 0 Å². The highest BCUT2D eigenvalue weighted by molar-refractivity contribution is 5.46. The Morgan fingerprint density at radius 2 is 1.74 bits per heavy atom. The molecule has 1 aliphatic heterocycles. The highest BCUT2D eigenvalue weighted by Gasteiger charge is 2.30. The largest absolute Gasteiger partial charge is 0.497 e. The second-order valence-corrected chi connectivity index (χ2v) is 5.40. The standard InChI is InChI=1S/C18H20O5/c1-20-13-6-4-11-8-14(19)18(23-16(11)10-13)12-5-7-15(21-2)17(9-12)22-3/h4-7,9-10,14,18-19H,8H2,1-3H3. The number of hydrogen-bond donors (Lipinski definition) is 1. The van der Waals surface area contributed by atoms with E-state index in [1.807, 2.05) is 36.4 Å². The summed E-state index contributed by atoms with van der Waals surface area (Å²) in [5, 5.41) is 10.5. The molecular weight excluding hydrogens is 296 g/mol. The minimum Gasteiger partial charge on any atom is -0.497 e. The van der Waals surface area contributed by atoms with Crippen LogP contribution in [0.15, 0.2) is 36.4 Å². The molecule has 122 valence electrons. The van der Waals surface area contributed by atoms with Crippen molar-refractivity contribution in [2.24, 2.45) is 0 Å². The van der Waals surface area contributed by atoms with Gasteiger partial charge in [0, 0.05) is 12.5 Å². The molecule has 1 N–H and O–H groups in total. The van der Waals surface area contributed by atoms with Crippen LogP contribution in [-0.4, -0.2) is 32.5 Å². The van der Waals surface area contributed by atoms with Crippen molar-refractivity contribution in [1.29, 1.82) is 0 Å². The number of aliphatic hydroxyl groups excluding tert-OH is 1. The first kappa shape index (κ1) is 15.5. The smallest absolute Gasteiger partial charge is 0.161 e. The van der Waals surface area contributed by atoms with Crippen molar-refractivity contribution in [3.8, 4) is 23.0 Å². The molecule has 1 heterocycles. The fourth-order valence-corrected chi connectivity index (χ4v) is 2.81. The minimum absolute atomic E-state index is 0.464. The first-order chi connectivity index (χ1) is 11.2. The van der Waals surface area contributed by atoms with Crippen LogP contribution in [0.4, 0.5) is 0 Å². The van der Waals surface area contributed by atoms with E-state index < -0.39 is 12.2 Å². The van der Waals surface area contributed by atoms with Gasteiger partial charge in [-0.1, -0.05) is 12.1 Å². The molecule has 0 bridgehead atoms. The lowest BCUT2D eigenvalue weighted by Crippen LogP contribution is -2.30. The molecule has 0 saturated carbocycles. The van der Waals surface area contributed by atoms with Crippen molar-refractivity contribution >= 4 is 0 Å². The zero-order valence-electron chi connectivity index (χ0n) is 13.4. The van der Waals surface area contributed by atoms with E-state index >= 15 is 0 Å². The van der Waals surface area contributed by atoms with Crippen LogP contribution in [0.25, 0.3) is 0 Å². The monoisotopic (exact) mass is 316 g/mol. The minimum atomic E-state index is -0.631. The van der Waals surface area contributed by atoms with Crippen molar-refractivity contribution in [2.45, 2.75) is 18.6 Å². The summed E-state index contributed by atoms with van der Waals surface area (Å²) >= 11 is 0. The molecule has 0 aromatic heterocycles. The summed E-state index contributed by atoms with van der Waals surface area (Å²) in [5.41, 5.74) is 1.80.